The molecule has 1 saturated heterocycles. The Morgan fingerprint density at radius 2 is 2.06 bits per heavy atom. The van der Waals surface area contributed by atoms with Gasteiger partial charge in [-0.2, -0.15) is 0 Å². The Bertz CT molecular complexity index is 388. The molecule has 0 aromatic carbocycles. The number of aromatic nitrogens is 2. The van der Waals surface area contributed by atoms with Crippen molar-refractivity contribution in [3.63, 3.8) is 0 Å². The Labute approximate surface area is 103 Å². The Morgan fingerprint density at radius 1 is 1.44 bits per heavy atom. The van der Waals surface area contributed by atoms with Crippen molar-refractivity contribution in [3.8, 4) is 0 Å². The van der Waals surface area contributed by atoms with Crippen molar-refractivity contribution < 1.29 is 4.79 Å². The molecule has 0 spiro atoms. The summed E-state index contributed by atoms with van der Waals surface area (Å²) >= 11 is 11.6. The number of carbonyl (C=O) groups is 1. The van der Waals surface area contributed by atoms with E-state index in [-0.39, 0.29) is 21.9 Å². The average molecular weight is 261 g/mol. The van der Waals surface area contributed by atoms with Crippen LogP contribution in [0.15, 0.2) is 6.33 Å². The summed E-state index contributed by atoms with van der Waals surface area (Å²) in [6, 6.07) is 0. The van der Waals surface area contributed by atoms with Gasteiger partial charge in [0.15, 0.2) is 10.3 Å². The molecule has 0 unspecified atom stereocenters. The first-order valence-corrected chi connectivity index (χ1v) is 5.59. The van der Waals surface area contributed by atoms with E-state index in [1.54, 1.807) is 0 Å². The minimum Gasteiger partial charge on any atom is -0.321 e. The van der Waals surface area contributed by atoms with Gasteiger partial charge in [0.2, 0.25) is 5.91 Å². The van der Waals surface area contributed by atoms with E-state index in [2.05, 4.69) is 20.6 Å². The van der Waals surface area contributed by atoms with E-state index >= 15 is 0 Å². The van der Waals surface area contributed by atoms with Crippen LogP contribution in [0.1, 0.15) is 6.42 Å². The van der Waals surface area contributed by atoms with Crippen LogP contribution in [-0.2, 0) is 4.79 Å². The highest BCUT2D eigenvalue weighted by Gasteiger charge is 2.21. The smallest absolute Gasteiger partial charge is 0.224 e. The van der Waals surface area contributed by atoms with E-state index in [1.165, 1.54) is 6.33 Å². The van der Waals surface area contributed by atoms with Crippen LogP contribution < -0.4 is 10.6 Å². The summed E-state index contributed by atoms with van der Waals surface area (Å²) in [6.45, 7) is 1.75. The predicted molar refractivity (Wildman–Crippen MR) is 61.7 cm³/mol. The molecular formula is C9H10Cl2N4O. The standard InChI is InChI=1S/C9H10Cl2N4O/c10-8-7(9(11)14-4-13-8)15-6(16)1-5-2-12-3-5/h4-5,12H,1-3H2,(H,15,16). The zero-order valence-electron chi connectivity index (χ0n) is 8.33. The number of rotatable bonds is 3. The molecule has 0 aliphatic carbocycles. The molecule has 1 aromatic rings. The van der Waals surface area contributed by atoms with Gasteiger partial charge in [0.1, 0.15) is 12.0 Å². The van der Waals surface area contributed by atoms with E-state index in [9.17, 15) is 4.79 Å². The van der Waals surface area contributed by atoms with Gasteiger partial charge in [-0.05, 0) is 19.0 Å². The van der Waals surface area contributed by atoms with Crippen molar-refractivity contribution in [1.82, 2.24) is 15.3 Å². The number of hydrogen-bond acceptors (Lipinski definition) is 4. The maximum Gasteiger partial charge on any atom is 0.224 e. The Morgan fingerprint density at radius 3 is 2.56 bits per heavy atom. The van der Waals surface area contributed by atoms with Crippen LogP contribution in [0.25, 0.3) is 0 Å². The predicted octanol–water partition coefficient (Wildman–Crippen LogP) is 1.33. The number of nitrogens with zero attached hydrogens (tertiary/aromatic N) is 2. The van der Waals surface area contributed by atoms with Crippen molar-refractivity contribution in [2.24, 2.45) is 5.92 Å². The third-order valence-electron chi connectivity index (χ3n) is 2.36. The summed E-state index contributed by atoms with van der Waals surface area (Å²) in [4.78, 5) is 19.1. The first kappa shape index (κ1) is 11.6. The van der Waals surface area contributed by atoms with Crippen LogP contribution in [0, 0.1) is 5.92 Å². The summed E-state index contributed by atoms with van der Waals surface area (Å²) < 4.78 is 0. The van der Waals surface area contributed by atoms with Gasteiger partial charge >= 0.3 is 0 Å². The third kappa shape index (κ3) is 2.61. The van der Waals surface area contributed by atoms with Crippen LogP contribution in [0.3, 0.4) is 0 Å². The maximum absolute atomic E-state index is 11.6. The Kier molecular flexibility index (Phi) is 3.58. The van der Waals surface area contributed by atoms with Crippen LogP contribution in [-0.4, -0.2) is 29.0 Å². The lowest BCUT2D eigenvalue weighted by Crippen LogP contribution is -2.43. The van der Waals surface area contributed by atoms with Gasteiger partial charge in [0, 0.05) is 6.42 Å². The van der Waals surface area contributed by atoms with Crippen LogP contribution >= 0.6 is 23.2 Å². The number of carbonyl (C=O) groups excluding carboxylic acids is 1. The molecule has 1 aliphatic heterocycles. The molecule has 1 aromatic heterocycles. The lowest BCUT2D eigenvalue weighted by Gasteiger charge is -2.26. The first-order valence-electron chi connectivity index (χ1n) is 4.83. The number of amides is 1. The summed E-state index contributed by atoms with van der Waals surface area (Å²) in [7, 11) is 0. The first-order chi connectivity index (χ1) is 7.66. The molecule has 0 radical (unpaired) electrons. The normalized spacial score (nSPS) is 15.6. The second-order valence-electron chi connectivity index (χ2n) is 3.61. The SMILES string of the molecule is O=C(CC1CNC1)Nc1c(Cl)ncnc1Cl. The van der Waals surface area contributed by atoms with Gasteiger partial charge in [-0.25, -0.2) is 9.97 Å². The molecule has 7 heteroatoms. The van der Waals surface area contributed by atoms with E-state index in [0.29, 0.717) is 12.3 Å². The average Bonchev–Trinajstić information content (AvgIpc) is 2.18. The molecule has 2 heterocycles. The fraction of sp³-hybridized carbons (Fsp3) is 0.444. The number of anilines is 1. The molecule has 2 rings (SSSR count). The van der Waals surface area contributed by atoms with Crippen molar-refractivity contribution in [3.05, 3.63) is 16.6 Å². The largest absolute Gasteiger partial charge is 0.321 e. The quantitative estimate of drug-likeness (QED) is 0.805. The van der Waals surface area contributed by atoms with Crippen molar-refractivity contribution in [1.29, 1.82) is 0 Å². The van der Waals surface area contributed by atoms with Gasteiger partial charge in [-0.1, -0.05) is 23.2 Å². The zero-order chi connectivity index (χ0) is 11.5. The molecule has 2 N–H and O–H groups in total. The third-order valence-corrected chi connectivity index (χ3v) is 2.93. The van der Waals surface area contributed by atoms with Crippen molar-refractivity contribution in [2.45, 2.75) is 6.42 Å². The van der Waals surface area contributed by atoms with E-state index in [1.807, 2.05) is 0 Å². The molecule has 5 nitrogen and oxygen atoms in total. The molecule has 0 atom stereocenters. The molecule has 0 bridgehead atoms. The summed E-state index contributed by atoms with van der Waals surface area (Å²) in [5, 5.41) is 6.02. The van der Waals surface area contributed by atoms with Crippen LogP contribution in [0.4, 0.5) is 5.69 Å². The van der Waals surface area contributed by atoms with Gasteiger partial charge in [0.25, 0.3) is 0 Å². The van der Waals surface area contributed by atoms with Gasteiger partial charge in [-0.3, -0.25) is 4.79 Å². The summed E-state index contributed by atoms with van der Waals surface area (Å²) in [5.41, 5.74) is 0.281. The molecule has 86 valence electrons. The van der Waals surface area contributed by atoms with Gasteiger partial charge in [0.05, 0.1) is 0 Å². The Balaban J connectivity index is 1.99. The molecular weight excluding hydrogens is 251 g/mol. The zero-order valence-corrected chi connectivity index (χ0v) is 9.85. The minimum absolute atomic E-state index is 0.120. The number of halogens is 2. The maximum atomic E-state index is 11.6. The van der Waals surface area contributed by atoms with E-state index in [4.69, 9.17) is 23.2 Å². The highest BCUT2D eigenvalue weighted by atomic mass is 35.5. The van der Waals surface area contributed by atoms with Crippen molar-refractivity contribution >= 4 is 34.8 Å². The fourth-order valence-corrected chi connectivity index (χ4v) is 1.80. The Hall–Kier alpha value is -0.910. The van der Waals surface area contributed by atoms with Gasteiger partial charge < -0.3 is 10.6 Å². The van der Waals surface area contributed by atoms with Crippen LogP contribution in [0.5, 0.6) is 0 Å². The molecule has 0 saturated carbocycles. The second-order valence-corrected chi connectivity index (χ2v) is 4.32. The fourth-order valence-electron chi connectivity index (χ4n) is 1.39. The monoisotopic (exact) mass is 260 g/mol. The molecule has 16 heavy (non-hydrogen) atoms. The molecule has 1 amide bonds. The van der Waals surface area contributed by atoms with E-state index in [0.717, 1.165) is 13.1 Å². The second kappa shape index (κ2) is 4.95. The summed E-state index contributed by atoms with van der Waals surface area (Å²) in [5.74, 6) is 0.271. The lowest BCUT2D eigenvalue weighted by atomic mass is 9.99. The highest BCUT2D eigenvalue weighted by Crippen LogP contribution is 2.26. The summed E-state index contributed by atoms with van der Waals surface area (Å²) in [6.07, 6.45) is 1.70. The van der Waals surface area contributed by atoms with Crippen LogP contribution in [0.2, 0.25) is 10.3 Å². The lowest BCUT2D eigenvalue weighted by molar-refractivity contribution is -0.117. The molecule has 1 aliphatic rings. The number of hydrogen-bond donors (Lipinski definition) is 2. The minimum atomic E-state index is -0.120. The van der Waals surface area contributed by atoms with E-state index < -0.39 is 0 Å². The molecule has 1 fully saturated rings. The topological polar surface area (TPSA) is 66.9 Å². The number of nitrogens with one attached hydrogen (secondary N) is 2. The highest BCUT2D eigenvalue weighted by molar-refractivity contribution is 6.38. The van der Waals surface area contributed by atoms with Gasteiger partial charge in [-0.15, -0.1) is 0 Å². The van der Waals surface area contributed by atoms with Crippen molar-refractivity contribution in [2.75, 3.05) is 18.4 Å².